The Kier molecular flexibility index (Phi) is 6.97. The van der Waals surface area contributed by atoms with Crippen molar-refractivity contribution in [2.45, 2.75) is 30.7 Å². The first-order valence-electron chi connectivity index (χ1n) is 4.19. The summed E-state index contributed by atoms with van der Waals surface area (Å²) in [6, 6.07) is 0. The summed E-state index contributed by atoms with van der Waals surface area (Å²) < 4.78 is 4.13. The minimum absolute atomic E-state index is 0.818. The van der Waals surface area contributed by atoms with Crippen LogP contribution in [0.3, 0.4) is 0 Å². The van der Waals surface area contributed by atoms with Crippen LogP contribution in [0.4, 0.5) is 0 Å². The predicted molar refractivity (Wildman–Crippen MR) is 47.6 cm³/mol. The van der Waals surface area contributed by atoms with Crippen LogP contribution >= 0.6 is 0 Å². The van der Waals surface area contributed by atoms with Gasteiger partial charge in [-0.3, -0.25) is 0 Å². The molecule has 0 aromatic rings. The molecule has 0 aliphatic heterocycles. The number of rotatable bonds is 7. The molecule has 7 N–H and O–H groups in total. The van der Waals surface area contributed by atoms with Crippen molar-refractivity contribution < 1.29 is 40.3 Å². The molecule has 0 amide bonds. The van der Waals surface area contributed by atoms with E-state index in [4.69, 9.17) is 30.6 Å². The van der Waals surface area contributed by atoms with Crippen molar-refractivity contribution in [1.82, 2.24) is 0 Å². The van der Waals surface area contributed by atoms with Gasteiger partial charge in [0.25, 0.3) is 0 Å². The molecule has 8 nitrogen and oxygen atoms in total. The molecular weight excluding hydrogens is 211 g/mol. The van der Waals surface area contributed by atoms with Gasteiger partial charge in [0.1, 0.15) is 24.4 Å². The first kappa shape index (κ1) is 14.7. The number of hydrogen-bond donors (Lipinski definition) is 7. The monoisotopic (exact) mass is 226 g/mol. The largest absolute Gasteiger partial charge is 0.437 e. The number of aliphatic hydroxyl groups excluding tert-OH is 6. The van der Waals surface area contributed by atoms with Gasteiger partial charge in [0.05, 0.1) is 6.61 Å². The standard InChI is InChI=1S/C6H15BO8/c8-1-2(9)3(10)4(11)5(12)6(13)15-7-14/h2-14H,1H2/t2-,3-,4+,5-,6?/m1/s1. The molecule has 0 bridgehead atoms. The van der Waals surface area contributed by atoms with Crippen LogP contribution in [0, 0.1) is 0 Å². The molecule has 15 heavy (non-hydrogen) atoms. The van der Waals surface area contributed by atoms with Crippen LogP contribution in [0.25, 0.3) is 0 Å². The maximum atomic E-state index is 9.19. The SMILES string of the molecule is OBOC(O)[C@H](O)[C@@H](O)[C@H](O)[C@H](O)CO. The smallest absolute Gasteiger partial charge is 0.430 e. The summed E-state index contributed by atoms with van der Waals surface area (Å²) in [7, 11) is -0.885. The number of hydrogen-bond acceptors (Lipinski definition) is 8. The average molecular weight is 226 g/mol. The Morgan fingerprint density at radius 1 is 0.933 bits per heavy atom. The highest BCUT2D eigenvalue weighted by Crippen LogP contribution is 2.08. The zero-order chi connectivity index (χ0) is 12.0. The molecule has 0 saturated heterocycles. The Bertz CT molecular complexity index is 169. The summed E-state index contributed by atoms with van der Waals surface area (Å²) in [6.07, 6.45) is -9.26. The molecule has 0 fully saturated rings. The van der Waals surface area contributed by atoms with Crippen molar-refractivity contribution in [1.29, 1.82) is 0 Å². The van der Waals surface area contributed by atoms with Crippen molar-refractivity contribution in [3.05, 3.63) is 0 Å². The Morgan fingerprint density at radius 3 is 1.87 bits per heavy atom. The molecule has 0 heterocycles. The summed E-state index contributed by atoms with van der Waals surface area (Å²) in [5.74, 6) is 0. The minimum atomic E-state index is -1.92. The fraction of sp³-hybridized carbons (Fsp3) is 1.00. The van der Waals surface area contributed by atoms with Crippen LogP contribution < -0.4 is 0 Å². The Labute approximate surface area is 86.3 Å². The van der Waals surface area contributed by atoms with Gasteiger partial charge >= 0.3 is 7.69 Å². The lowest BCUT2D eigenvalue weighted by molar-refractivity contribution is -0.183. The first-order valence-corrected chi connectivity index (χ1v) is 4.19. The van der Waals surface area contributed by atoms with E-state index in [9.17, 15) is 5.11 Å². The van der Waals surface area contributed by atoms with Gasteiger partial charge in [-0.05, 0) is 0 Å². The molecule has 1 unspecified atom stereocenters. The van der Waals surface area contributed by atoms with E-state index in [1.807, 2.05) is 0 Å². The highest BCUT2D eigenvalue weighted by atomic mass is 16.6. The van der Waals surface area contributed by atoms with E-state index >= 15 is 0 Å². The summed E-state index contributed by atoms with van der Waals surface area (Å²) in [4.78, 5) is 0. The maximum absolute atomic E-state index is 9.19. The van der Waals surface area contributed by atoms with Crippen molar-refractivity contribution in [3.8, 4) is 0 Å². The summed E-state index contributed by atoms with van der Waals surface area (Å²) in [6.45, 7) is -0.818. The third kappa shape index (κ3) is 4.41. The van der Waals surface area contributed by atoms with Crippen LogP contribution in [0.2, 0.25) is 0 Å². The molecule has 0 radical (unpaired) electrons. The molecule has 0 spiro atoms. The fourth-order valence-corrected chi connectivity index (χ4v) is 0.881. The van der Waals surface area contributed by atoms with E-state index < -0.39 is 45.0 Å². The second-order valence-corrected chi connectivity index (χ2v) is 2.91. The van der Waals surface area contributed by atoms with Crippen LogP contribution in [0.1, 0.15) is 0 Å². The van der Waals surface area contributed by atoms with Crippen molar-refractivity contribution >= 4 is 7.69 Å². The Hall–Kier alpha value is -0.255. The summed E-state index contributed by atoms with van der Waals surface area (Å²) in [5.41, 5.74) is 0. The third-order valence-electron chi connectivity index (χ3n) is 1.82. The molecule has 9 heteroatoms. The summed E-state index contributed by atoms with van der Waals surface area (Å²) >= 11 is 0. The van der Waals surface area contributed by atoms with Crippen LogP contribution in [0.15, 0.2) is 0 Å². The van der Waals surface area contributed by atoms with Gasteiger partial charge < -0.3 is 40.3 Å². The van der Waals surface area contributed by atoms with Crippen LogP contribution in [-0.2, 0) is 4.65 Å². The molecule has 0 aliphatic carbocycles. The molecule has 0 aromatic carbocycles. The van der Waals surface area contributed by atoms with E-state index in [2.05, 4.69) is 4.65 Å². The molecule has 0 aliphatic rings. The molecular formula is C6H15BO8. The number of aliphatic hydroxyl groups is 6. The normalized spacial score (nSPS) is 21.5. The van der Waals surface area contributed by atoms with Crippen molar-refractivity contribution in [2.75, 3.05) is 6.61 Å². The third-order valence-corrected chi connectivity index (χ3v) is 1.82. The Morgan fingerprint density at radius 2 is 1.47 bits per heavy atom. The van der Waals surface area contributed by atoms with Gasteiger partial charge in [-0.25, -0.2) is 0 Å². The molecule has 90 valence electrons. The van der Waals surface area contributed by atoms with E-state index in [-0.39, 0.29) is 0 Å². The quantitative estimate of drug-likeness (QED) is 0.168. The predicted octanol–water partition coefficient (Wildman–Crippen LogP) is -4.98. The zero-order valence-electron chi connectivity index (χ0n) is 7.84. The molecule has 5 atom stereocenters. The van der Waals surface area contributed by atoms with Gasteiger partial charge in [0.2, 0.25) is 0 Å². The van der Waals surface area contributed by atoms with Crippen molar-refractivity contribution in [2.24, 2.45) is 0 Å². The molecule has 0 aromatic heterocycles. The highest BCUT2D eigenvalue weighted by Gasteiger charge is 2.34. The Balaban J connectivity index is 4.22. The van der Waals surface area contributed by atoms with E-state index in [1.165, 1.54) is 0 Å². The second-order valence-electron chi connectivity index (χ2n) is 2.91. The van der Waals surface area contributed by atoms with Crippen LogP contribution in [-0.4, -0.2) is 80.7 Å². The fourth-order valence-electron chi connectivity index (χ4n) is 0.881. The average Bonchev–Trinajstić information content (AvgIpc) is 2.25. The second kappa shape index (κ2) is 7.09. The van der Waals surface area contributed by atoms with Gasteiger partial charge in [0, 0.05) is 0 Å². The lowest BCUT2D eigenvalue weighted by Gasteiger charge is -2.27. The van der Waals surface area contributed by atoms with Crippen LogP contribution in [0.5, 0.6) is 0 Å². The maximum Gasteiger partial charge on any atom is 0.437 e. The highest BCUT2D eigenvalue weighted by molar-refractivity contribution is 6.15. The van der Waals surface area contributed by atoms with Crippen molar-refractivity contribution in [3.63, 3.8) is 0 Å². The molecule has 0 saturated carbocycles. The van der Waals surface area contributed by atoms with Gasteiger partial charge in [-0.15, -0.1) is 0 Å². The van der Waals surface area contributed by atoms with E-state index in [1.54, 1.807) is 0 Å². The first-order chi connectivity index (χ1) is 6.95. The van der Waals surface area contributed by atoms with Gasteiger partial charge in [-0.1, -0.05) is 0 Å². The van der Waals surface area contributed by atoms with E-state index in [0.29, 0.717) is 0 Å². The van der Waals surface area contributed by atoms with E-state index in [0.717, 1.165) is 0 Å². The minimum Gasteiger partial charge on any atom is -0.430 e. The topological polar surface area (TPSA) is 151 Å². The summed E-state index contributed by atoms with van der Waals surface area (Å²) in [5, 5.41) is 62.0. The molecule has 0 rings (SSSR count). The van der Waals surface area contributed by atoms with Gasteiger partial charge in [-0.2, -0.15) is 0 Å². The van der Waals surface area contributed by atoms with Gasteiger partial charge in [0.15, 0.2) is 6.29 Å². The lowest BCUT2D eigenvalue weighted by atomic mass is 10.0. The zero-order valence-corrected chi connectivity index (χ0v) is 7.84. The lowest BCUT2D eigenvalue weighted by Crippen LogP contribution is -2.50.